The standard InChI is InChI=1S/C4H6O3S/c5-3-1-2(8)4(6)7-3/h3-6H,1H2. The molecule has 2 atom stereocenters. The molecule has 1 saturated heterocycles. The summed E-state index contributed by atoms with van der Waals surface area (Å²) in [6.07, 6.45) is -1.64. The van der Waals surface area contributed by atoms with E-state index < -0.39 is 12.6 Å². The lowest BCUT2D eigenvalue weighted by Crippen LogP contribution is -2.12. The third-order valence-corrected chi connectivity index (χ3v) is 1.31. The van der Waals surface area contributed by atoms with Gasteiger partial charge in [0.1, 0.15) is 0 Å². The number of aliphatic hydroxyl groups excluding tert-OH is 2. The quantitative estimate of drug-likeness (QED) is 0.435. The van der Waals surface area contributed by atoms with Crippen LogP contribution in [0.5, 0.6) is 0 Å². The topological polar surface area (TPSA) is 49.7 Å². The van der Waals surface area contributed by atoms with Crippen molar-refractivity contribution in [2.75, 3.05) is 0 Å². The zero-order valence-electron chi connectivity index (χ0n) is 4.07. The second-order valence-electron chi connectivity index (χ2n) is 1.61. The summed E-state index contributed by atoms with van der Waals surface area (Å²) in [5.41, 5.74) is 0. The Kier molecular flexibility index (Phi) is 1.57. The van der Waals surface area contributed by atoms with Gasteiger partial charge in [0.15, 0.2) is 12.6 Å². The van der Waals surface area contributed by atoms with Gasteiger partial charge in [-0.05, 0) is 0 Å². The van der Waals surface area contributed by atoms with E-state index in [9.17, 15) is 0 Å². The first-order valence-corrected chi connectivity index (χ1v) is 2.65. The summed E-state index contributed by atoms with van der Waals surface area (Å²) in [4.78, 5) is 0.373. The monoisotopic (exact) mass is 134 g/mol. The van der Waals surface area contributed by atoms with E-state index in [1.165, 1.54) is 0 Å². The summed E-state index contributed by atoms with van der Waals surface area (Å²) in [5.74, 6) is 0. The Morgan fingerprint density at radius 1 is 1.62 bits per heavy atom. The van der Waals surface area contributed by atoms with Crippen molar-refractivity contribution in [1.29, 1.82) is 0 Å². The van der Waals surface area contributed by atoms with Gasteiger partial charge in [-0.3, -0.25) is 0 Å². The molecule has 2 N–H and O–H groups in total. The highest BCUT2D eigenvalue weighted by atomic mass is 32.1. The Morgan fingerprint density at radius 3 is 2.38 bits per heavy atom. The van der Waals surface area contributed by atoms with E-state index in [1.807, 2.05) is 0 Å². The van der Waals surface area contributed by atoms with Crippen LogP contribution in [0.3, 0.4) is 0 Å². The molecule has 1 aliphatic heterocycles. The van der Waals surface area contributed by atoms with Gasteiger partial charge in [0.05, 0.1) is 4.86 Å². The summed E-state index contributed by atoms with van der Waals surface area (Å²) in [6.45, 7) is 0. The number of aliphatic hydroxyl groups is 2. The molecule has 1 rings (SSSR count). The third kappa shape index (κ3) is 1.03. The first-order chi connectivity index (χ1) is 3.70. The Morgan fingerprint density at radius 2 is 2.25 bits per heavy atom. The highest BCUT2D eigenvalue weighted by Gasteiger charge is 2.25. The van der Waals surface area contributed by atoms with Crippen molar-refractivity contribution in [2.24, 2.45) is 0 Å². The SMILES string of the molecule is OC1CC(=S)C(O)O1. The highest BCUT2D eigenvalue weighted by Crippen LogP contribution is 2.12. The van der Waals surface area contributed by atoms with Crippen LogP contribution in [-0.4, -0.2) is 27.7 Å². The van der Waals surface area contributed by atoms with Gasteiger partial charge in [0.25, 0.3) is 0 Å². The zero-order valence-corrected chi connectivity index (χ0v) is 4.89. The van der Waals surface area contributed by atoms with Crippen LogP contribution in [0.1, 0.15) is 6.42 Å². The largest absolute Gasteiger partial charge is 0.368 e. The van der Waals surface area contributed by atoms with E-state index in [1.54, 1.807) is 0 Å². The third-order valence-electron chi connectivity index (χ3n) is 0.937. The van der Waals surface area contributed by atoms with E-state index in [0.717, 1.165) is 0 Å². The predicted octanol–water partition coefficient (Wildman–Crippen LogP) is -0.587. The molecule has 46 valence electrons. The van der Waals surface area contributed by atoms with Gasteiger partial charge < -0.3 is 14.9 Å². The maximum atomic E-state index is 8.64. The fourth-order valence-electron chi connectivity index (χ4n) is 0.546. The molecule has 0 amide bonds. The van der Waals surface area contributed by atoms with Crippen LogP contribution in [0, 0.1) is 0 Å². The van der Waals surface area contributed by atoms with Gasteiger partial charge in [0.2, 0.25) is 0 Å². The Balaban J connectivity index is 2.51. The predicted molar refractivity (Wildman–Crippen MR) is 30.3 cm³/mol. The maximum absolute atomic E-state index is 8.64. The van der Waals surface area contributed by atoms with Gasteiger partial charge in [0, 0.05) is 6.42 Å². The molecule has 0 aromatic carbocycles. The number of ether oxygens (including phenoxy) is 1. The smallest absolute Gasteiger partial charge is 0.190 e. The van der Waals surface area contributed by atoms with Crippen LogP contribution < -0.4 is 0 Å². The summed E-state index contributed by atoms with van der Waals surface area (Å²) in [5, 5.41) is 17.2. The lowest BCUT2D eigenvalue weighted by Gasteiger charge is -1.99. The highest BCUT2D eigenvalue weighted by molar-refractivity contribution is 7.80. The van der Waals surface area contributed by atoms with Crippen LogP contribution >= 0.6 is 12.2 Å². The van der Waals surface area contributed by atoms with E-state index in [2.05, 4.69) is 17.0 Å². The first kappa shape index (κ1) is 6.10. The minimum Gasteiger partial charge on any atom is -0.368 e. The van der Waals surface area contributed by atoms with Crippen LogP contribution in [0.15, 0.2) is 0 Å². The summed E-state index contributed by atoms with van der Waals surface area (Å²) in [6, 6.07) is 0. The van der Waals surface area contributed by atoms with Crippen molar-refractivity contribution in [3.05, 3.63) is 0 Å². The Labute approximate surface area is 51.9 Å². The molecule has 2 unspecified atom stereocenters. The summed E-state index contributed by atoms with van der Waals surface area (Å²) >= 11 is 4.58. The average Bonchev–Trinajstić information content (AvgIpc) is 1.85. The van der Waals surface area contributed by atoms with Crippen LogP contribution in [0.25, 0.3) is 0 Å². The van der Waals surface area contributed by atoms with E-state index in [4.69, 9.17) is 10.2 Å². The van der Waals surface area contributed by atoms with Crippen molar-refractivity contribution < 1.29 is 14.9 Å². The minimum absolute atomic E-state index is 0.274. The number of hydrogen-bond donors (Lipinski definition) is 2. The average molecular weight is 134 g/mol. The lowest BCUT2D eigenvalue weighted by atomic mass is 10.3. The van der Waals surface area contributed by atoms with Crippen molar-refractivity contribution in [2.45, 2.75) is 19.0 Å². The molecule has 0 aromatic heterocycles. The fourth-order valence-corrected chi connectivity index (χ4v) is 0.744. The Bertz CT molecular complexity index is 114. The van der Waals surface area contributed by atoms with Gasteiger partial charge in [-0.2, -0.15) is 0 Å². The minimum atomic E-state index is -1.03. The van der Waals surface area contributed by atoms with Gasteiger partial charge >= 0.3 is 0 Å². The molecular weight excluding hydrogens is 128 g/mol. The fraction of sp³-hybridized carbons (Fsp3) is 0.750. The molecule has 4 heteroatoms. The Hall–Kier alpha value is -0.0300. The summed E-state index contributed by atoms with van der Waals surface area (Å²) < 4.78 is 4.44. The molecule has 0 aromatic rings. The molecule has 8 heavy (non-hydrogen) atoms. The molecule has 1 fully saturated rings. The van der Waals surface area contributed by atoms with E-state index in [-0.39, 0.29) is 6.42 Å². The molecule has 1 heterocycles. The number of rotatable bonds is 0. The second kappa shape index (κ2) is 2.06. The normalized spacial score (nSPS) is 38.5. The van der Waals surface area contributed by atoms with Crippen LogP contribution in [0.2, 0.25) is 0 Å². The number of hydrogen-bond acceptors (Lipinski definition) is 4. The van der Waals surface area contributed by atoms with Crippen molar-refractivity contribution in [3.8, 4) is 0 Å². The summed E-state index contributed by atoms with van der Waals surface area (Å²) in [7, 11) is 0. The molecule has 1 aliphatic rings. The number of thiocarbonyl (C=S) groups is 1. The van der Waals surface area contributed by atoms with Crippen molar-refractivity contribution in [3.63, 3.8) is 0 Å². The molecular formula is C4H6O3S. The van der Waals surface area contributed by atoms with Crippen LogP contribution in [0.4, 0.5) is 0 Å². The first-order valence-electron chi connectivity index (χ1n) is 2.24. The van der Waals surface area contributed by atoms with E-state index >= 15 is 0 Å². The maximum Gasteiger partial charge on any atom is 0.190 e. The van der Waals surface area contributed by atoms with Gasteiger partial charge in [-0.1, -0.05) is 12.2 Å². The molecule has 0 aliphatic carbocycles. The molecule has 0 spiro atoms. The lowest BCUT2D eigenvalue weighted by molar-refractivity contribution is -0.149. The molecule has 0 saturated carbocycles. The van der Waals surface area contributed by atoms with E-state index in [0.29, 0.717) is 4.86 Å². The van der Waals surface area contributed by atoms with Gasteiger partial charge in [-0.25, -0.2) is 0 Å². The molecule has 3 nitrogen and oxygen atoms in total. The van der Waals surface area contributed by atoms with Crippen molar-refractivity contribution >= 4 is 17.1 Å². The molecule has 0 bridgehead atoms. The van der Waals surface area contributed by atoms with Crippen molar-refractivity contribution in [1.82, 2.24) is 0 Å². The second-order valence-corrected chi connectivity index (χ2v) is 2.14. The zero-order chi connectivity index (χ0) is 6.15. The molecule has 0 radical (unpaired) electrons. The van der Waals surface area contributed by atoms with Gasteiger partial charge in [-0.15, -0.1) is 0 Å². The van der Waals surface area contributed by atoms with Crippen LogP contribution in [-0.2, 0) is 4.74 Å².